The van der Waals surface area contributed by atoms with Gasteiger partial charge in [-0.05, 0) is 52.8 Å². The lowest BCUT2D eigenvalue weighted by atomic mass is 10.0. The fraction of sp³-hybridized carbons (Fsp3) is 0. The maximum absolute atomic E-state index is 12.4. The molecule has 0 aliphatic rings. The fourth-order valence-corrected chi connectivity index (χ4v) is 2.57. The Morgan fingerprint density at radius 2 is 1.60 bits per heavy atom. The summed E-state index contributed by atoms with van der Waals surface area (Å²) in [5.74, 6) is -0.371. The number of carbonyl (C=O) groups excluding carboxylic acids is 2. The van der Waals surface area contributed by atoms with Crippen LogP contribution >= 0.6 is 0 Å². The maximum atomic E-state index is 12.4. The van der Waals surface area contributed by atoms with Crippen molar-refractivity contribution in [3.8, 4) is 0 Å². The molecule has 0 heterocycles. The molecule has 25 heavy (non-hydrogen) atoms. The van der Waals surface area contributed by atoms with Crippen molar-refractivity contribution in [2.75, 3.05) is 5.32 Å². The average molecular weight is 327 g/mol. The Labute approximate surface area is 146 Å². The summed E-state index contributed by atoms with van der Waals surface area (Å²) >= 11 is 0. The van der Waals surface area contributed by atoms with E-state index in [0.29, 0.717) is 11.3 Å². The quantitative estimate of drug-likeness (QED) is 0.537. The smallest absolute Gasteiger partial charge is 0.247 e. The van der Waals surface area contributed by atoms with Crippen molar-refractivity contribution in [1.29, 1.82) is 0 Å². The van der Waals surface area contributed by atoms with E-state index in [2.05, 4.69) is 11.9 Å². The van der Waals surface area contributed by atoms with Crippen LogP contribution in [0.3, 0.4) is 0 Å². The normalized spacial score (nSPS) is 10.7. The Bertz CT molecular complexity index is 963. The van der Waals surface area contributed by atoms with Gasteiger partial charge in [0, 0.05) is 11.3 Å². The summed E-state index contributed by atoms with van der Waals surface area (Å²) < 4.78 is 0. The van der Waals surface area contributed by atoms with E-state index in [-0.39, 0.29) is 11.7 Å². The monoisotopic (exact) mass is 327 g/mol. The molecule has 1 amide bonds. The third-order valence-electron chi connectivity index (χ3n) is 3.86. The zero-order valence-electron chi connectivity index (χ0n) is 13.6. The summed E-state index contributed by atoms with van der Waals surface area (Å²) in [5, 5.41) is 4.90. The van der Waals surface area contributed by atoms with Crippen molar-refractivity contribution in [3.05, 3.63) is 96.6 Å². The van der Waals surface area contributed by atoms with E-state index in [9.17, 15) is 9.59 Å². The van der Waals surface area contributed by atoms with E-state index < -0.39 is 0 Å². The molecule has 0 aromatic heterocycles. The predicted molar refractivity (Wildman–Crippen MR) is 103 cm³/mol. The molecule has 3 nitrogen and oxygen atoms in total. The van der Waals surface area contributed by atoms with Gasteiger partial charge in [0.15, 0.2) is 5.78 Å². The molecule has 0 unspecified atom stereocenters. The lowest BCUT2D eigenvalue weighted by molar-refractivity contribution is -0.111. The second kappa shape index (κ2) is 7.41. The van der Waals surface area contributed by atoms with Crippen molar-refractivity contribution in [3.63, 3.8) is 0 Å². The SMILES string of the molecule is C=CC(=O)Nc1ccc(C(=O)/C=C/c2cccc3ccccc23)cc1. The molecule has 0 fully saturated rings. The molecule has 0 aliphatic carbocycles. The first-order chi connectivity index (χ1) is 12.2. The third kappa shape index (κ3) is 3.90. The van der Waals surface area contributed by atoms with E-state index in [1.165, 1.54) is 6.08 Å². The number of carbonyl (C=O) groups is 2. The Balaban J connectivity index is 1.78. The molecule has 3 aromatic carbocycles. The minimum absolute atomic E-state index is 0.0884. The molecule has 3 heteroatoms. The van der Waals surface area contributed by atoms with Crippen LogP contribution in [-0.2, 0) is 4.79 Å². The Kier molecular flexibility index (Phi) is 4.86. The lowest BCUT2D eigenvalue weighted by Crippen LogP contribution is -2.07. The molecule has 0 aliphatic heterocycles. The number of hydrogen-bond acceptors (Lipinski definition) is 2. The zero-order valence-corrected chi connectivity index (χ0v) is 13.6. The minimum Gasteiger partial charge on any atom is -0.323 e. The molecule has 0 saturated carbocycles. The number of amides is 1. The molecular formula is C22H17NO2. The summed E-state index contributed by atoms with van der Waals surface area (Å²) in [6, 6.07) is 20.8. The third-order valence-corrected chi connectivity index (χ3v) is 3.86. The summed E-state index contributed by atoms with van der Waals surface area (Å²) in [4.78, 5) is 23.6. The van der Waals surface area contributed by atoms with Gasteiger partial charge in [-0.15, -0.1) is 0 Å². The molecule has 0 saturated heterocycles. The predicted octanol–water partition coefficient (Wildman–Crippen LogP) is 4.86. The summed E-state index contributed by atoms with van der Waals surface area (Å²) in [5.41, 5.74) is 2.19. The fourth-order valence-electron chi connectivity index (χ4n) is 2.57. The van der Waals surface area contributed by atoms with E-state index in [4.69, 9.17) is 0 Å². The highest BCUT2D eigenvalue weighted by Gasteiger charge is 2.04. The largest absolute Gasteiger partial charge is 0.323 e. The van der Waals surface area contributed by atoms with Gasteiger partial charge in [-0.2, -0.15) is 0 Å². The summed E-state index contributed by atoms with van der Waals surface area (Å²) in [6.07, 6.45) is 4.60. The highest BCUT2D eigenvalue weighted by atomic mass is 16.1. The number of rotatable bonds is 5. The lowest BCUT2D eigenvalue weighted by Gasteiger charge is -2.03. The highest BCUT2D eigenvalue weighted by Crippen LogP contribution is 2.20. The molecule has 0 radical (unpaired) electrons. The molecule has 1 N–H and O–H groups in total. The number of ketones is 1. The molecule has 122 valence electrons. The van der Waals surface area contributed by atoms with Crippen molar-refractivity contribution in [2.45, 2.75) is 0 Å². The van der Waals surface area contributed by atoms with Crippen molar-refractivity contribution in [2.24, 2.45) is 0 Å². The average Bonchev–Trinajstić information content (AvgIpc) is 2.66. The number of benzene rings is 3. The first-order valence-corrected chi connectivity index (χ1v) is 7.91. The highest BCUT2D eigenvalue weighted by molar-refractivity contribution is 6.08. The van der Waals surface area contributed by atoms with Gasteiger partial charge in [0.1, 0.15) is 0 Å². The maximum Gasteiger partial charge on any atom is 0.247 e. The van der Waals surface area contributed by atoms with E-state index in [1.807, 2.05) is 48.5 Å². The van der Waals surface area contributed by atoms with Crippen LogP contribution in [0.1, 0.15) is 15.9 Å². The van der Waals surface area contributed by atoms with Gasteiger partial charge in [-0.25, -0.2) is 0 Å². The zero-order chi connectivity index (χ0) is 17.6. The molecular weight excluding hydrogens is 310 g/mol. The van der Waals surface area contributed by atoms with Crippen LogP contribution in [-0.4, -0.2) is 11.7 Å². The first-order valence-electron chi connectivity index (χ1n) is 7.91. The molecule has 0 spiro atoms. The van der Waals surface area contributed by atoms with Crippen molar-refractivity contribution in [1.82, 2.24) is 0 Å². The van der Waals surface area contributed by atoms with E-state index >= 15 is 0 Å². The number of anilines is 1. The summed E-state index contributed by atoms with van der Waals surface area (Å²) in [7, 11) is 0. The van der Waals surface area contributed by atoms with Gasteiger partial charge in [0.25, 0.3) is 0 Å². The second-order valence-corrected chi connectivity index (χ2v) is 5.54. The minimum atomic E-state index is -0.282. The second-order valence-electron chi connectivity index (χ2n) is 5.54. The van der Waals surface area contributed by atoms with Crippen LogP contribution in [0.5, 0.6) is 0 Å². The van der Waals surface area contributed by atoms with E-state index in [1.54, 1.807) is 30.3 Å². The van der Waals surface area contributed by atoms with E-state index in [0.717, 1.165) is 16.3 Å². The van der Waals surface area contributed by atoms with Crippen LogP contribution in [0.2, 0.25) is 0 Å². The van der Waals surface area contributed by atoms with Crippen molar-refractivity contribution >= 4 is 34.2 Å². The topological polar surface area (TPSA) is 46.2 Å². The van der Waals surface area contributed by atoms with Gasteiger partial charge in [0.05, 0.1) is 0 Å². The number of allylic oxidation sites excluding steroid dienone is 1. The molecule has 3 aromatic rings. The van der Waals surface area contributed by atoms with Gasteiger partial charge >= 0.3 is 0 Å². The Morgan fingerprint density at radius 1 is 0.880 bits per heavy atom. The van der Waals surface area contributed by atoms with Gasteiger partial charge in [-0.1, -0.05) is 55.1 Å². The van der Waals surface area contributed by atoms with Gasteiger partial charge < -0.3 is 5.32 Å². The summed E-state index contributed by atoms with van der Waals surface area (Å²) in [6.45, 7) is 3.40. The number of hydrogen-bond donors (Lipinski definition) is 1. The molecule has 3 rings (SSSR count). The molecule has 0 atom stereocenters. The van der Waals surface area contributed by atoms with Crippen molar-refractivity contribution < 1.29 is 9.59 Å². The van der Waals surface area contributed by atoms with Gasteiger partial charge in [-0.3, -0.25) is 9.59 Å². The standard InChI is InChI=1S/C22H17NO2/c1-2-22(25)23-19-13-10-18(11-14-19)21(24)15-12-17-8-5-7-16-6-3-4-9-20(16)17/h2-15H,1H2,(H,23,25)/b15-12+. The number of fused-ring (bicyclic) bond motifs is 1. The van der Waals surface area contributed by atoms with Crippen LogP contribution in [0.4, 0.5) is 5.69 Å². The van der Waals surface area contributed by atoms with Crippen LogP contribution < -0.4 is 5.32 Å². The van der Waals surface area contributed by atoms with Crippen LogP contribution in [0.25, 0.3) is 16.8 Å². The Morgan fingerprint density at radius 3 is 2.36 bits per heavy atom. The first kappa shape index (κ1) is 16.4. The van der Waals surface area contributed by atoms with Crippen LogP contribution in [0, 0.1) is 0 Å². The van der Waals surface area contributed by atoms with Crippen LogP contribution in [0.15, 0.2) is 85.5 Å². The number of nitrogens with one attached hydrogen (secondary N) is 1. The van der Waals surface area contributed by atoms with Gasteiger partial charge in [0.2, 0.25) is 5.91 Å². The molecule has 0 bridgehead atoms. The Hall–Kier alpha value is -3.46.